The molecule has 21 heavy (non-hydrogen) atoms. The number of nitrogens with zero attached hydrogens (tertiary/aromatic N) is 2. The van der Waals surface area contributed by atoms with Crippen molar-refractivity contribution in [2.75, 3.05) is 13.2 Å². The summed E-state index contributed by atoms with van der Waals surface area (Å²) in [6, 6.07) is 8.82. The predicted molar refractivity (Wildman–Crippen MR) is 85.4 cm³/mol. The number of aromatic nitrogens is 2. The molecule has 1 N–H and O–H groups in total. The molecule has 1 aromatic heterocycles. The number of imidazole rings is 1. The van der Waals surface area contributed by atoms with E-state index in [9.17, 15) is 0 Å². The van der Waals surface area contributed by atoms with Gasteiger partial charge in [0.25, 0.3) is 0 Å². The van der Waals surface area contributed by atoms with Gasteiger partial charge in [-0.2, -0.15) is 0 Å². The highest BCUT2D eigenvalue weighted by atomic mass is 16.5. The number of hydrogen-bond acceptors (Lipinski definition) is 3. The van der Waals surface area contributed by atoms with Crippen LogP contribution in [0.2, 0.25) is 0 Å². The number of para-hydroxylation sites is 2. The van der Waals surface area contributed by atoms with Crippen LogP contribution in [-0.2, 0) is 11.3 Å². The van der Waals surface area contributed by atoms with E-state index in [1.54, 1.807) is 0 Å². The highest BCUT2D eigenvalue weighted by Crippen LogP contribution is 2.19. The van der Waals surface area contributed by atoms with Crippen LogP contribution in [0.25, 0.3) is 11.0 Å². The summed E-state index contributed by atoms with van der Waals surface area (Å²) in [5.41, 5.74) is 2.30. The Morgan fingerprint density at radius 2 is 2.33 bits per heavy atom. The van der Waals surface area contributed by atoms with Gasteiger partial charge in [-0.1, -0.05) is 19.1 Å². The Kier molecular flexibility index (Phi) is 4.88. The van der Waals surface area contributed by atoms with E-state index >= 15 is 0 Å². The Labute approximate surface area is 126 Å². The van der Waals surface area contributed by atoms with Crippen LogP contribution in [-0.4, -0.2) is 34.8 Å². The van der Waals surface area contributed by atoms with Crippen LogP contribution in [0, 0.1) is 0 Å². The van der Waals surface area contributed by atoms with Gasteiger partial charge in [0.15, 0.2) is 0 Å². The number of likely N-dealkylation sites (N-methyl/N-ethyl adjacent to an activating group) is 1. The third-order valence-electron chi connectivity index (χ3n) is 4.30. The summed E-state index contributed by atoms with van der Waals surface area (Å²) in [5.74, 6) is 0. The van der Waals surface area contributed by atoms with Crippen molar-refractivity contribution >= 4 is 11.0 Å². The molecular formula is C17H25N3O. The van der Waals surface area contributed by atoms with E-state index in [0.29, 0.717) is 12.1 Å². The summed E-state index contributed by atoms with van der Waals surface area (Å²) in [6.45, 7) is 5.09. The summed E-state index contributed by atoms with van der Waals surface area (Å²) in [4.78, 5) is 4.48. The quantitative estimate of drug-likeness (QED) is 0.851. The Morgan fingerprint density at radius 3 is 3.14 bits per heavy atom. The molecule has 2 atom stereocenters. The van der Waals surface area contributed by atoms with Crippen molar-refractivity contribution in [1.82, 2.24) is 14.9 Å². The highest BCUT2D eigenvalue weighted by molar-refractivity contribution is 5.74. The van der Waals surface area contributed by atoms with Crippen LogP contribution in [0.15, 0.2) is 30.6 Å². The van der Waals surface area contributed by atoms with Gasteiger partial charge >= 0.3 is 0 Å². The van der Waals surface area contributed by atoms with E-state index in [-0.39, 0.29) is 0 Å². The molecule has 4 nitrogen and oxygen atoms in total. The van der Waals surface area contributed by atoms with Gasteiger partial charge in [-0.15, -0.1) is 0 Å². The summed E-state index contributed by atoms with van der Waals surface area (Å²) < 4.78 is 8.00. The fourth-order valence-corrected chi connectivity index (χ4v) is 3.20. The van der Waals surface area contributed by atoms with Crippen molar-refractivity contribution in [3.63, 3.8) is 0 Å². The molecule has 2 unspecified atom stereocenters. The van der Waals surface area contributed by atoms with E-state index < -0.39 is 0 Å². The van der Waals surface area contributed by atoms with Gasteiger partial charge in [-0.05, 0) is 44.4 Å². The topological polar surface area (TPSA) is 39.1 Å². The maximum atomic E-state index is 5.74. The first-order valence-corrected chi connectivity index (χ1v) is 8.11. The molecule has 1 aliphatic heterocycles. The predicted octanol–water partition coefficient (Wildman–Crippen LogP) is 2.97. The highest BCUT2D eigenvalue weighted by Gasteiger charge is 2.18. The molecule has 0 radical (unpaired) electrons. The molecule has 3 rings (SSSR count). The largest absolute Gasteiger partial charge is 0.378 e. The Morgan fingerprint density at radius 1 is 1.43 bits per heavy atom. The van der Waals surface area contributed by atoms with Crippen LogP contribution >= 0.6 is 0 Å². The first-order valence-electron chi connectivity index (χ1n) is 8.11. The molecule has 1 aromatic carbocycles. The molecule has 0 aliphatic carbocycles. The van der Waals surface area contributed by atoms with Crippen LogP contribution in [0.5, 0.6) is 0 Å². The molecule has 114 valence electrons. The molecule has 1 saturated heterocycles. The van der Waals surface area contributed by atoms with E-state index in [2.05, 4.69) is 40.0 Å². The Balaban J connectivity index is 1.63. The molecule has 2 aromatic rings. The minimum absolute atomic E-state index is 0.477. The van der Waals surface area contributed by atoms with Crippen molar-refractivity contribution in [2.24, 2.45) is 0 Å². The second-order valence-corrected chi connectivity index (χ2v) is 5.85. The fourth-order valence-electron chi connectivity index (χ4n) is 3.20. The molecule has 1 fully saturated rings. The van der Waals surface area contributed by atoms with Crippen LogP contribution < -0.4 is 5.32 Å². The zero-order valence-electron chi connectivity index (χ0n) is 12.8. The molecule has 4 heteroatoms. The second kappa shape index (κ2) is 7.05. The van der Waals surface area contributed by atoms with Gasteiger partial charge in [0, 0.05) is 19.2 Å². The lowest BCUT2D eigenvalue weighted by atomic mass is 10.1. The Hall–Kier alpha value is -1.39. The summed E-state index contributed by atoms with van der Waals surface area (Å²) in [6.07, 6.45) is 7.21. The van der Waals surface area contributed by atoms with Gasteiger partial charge in [0.1, 0.15) is 0 Å². The molecule has 0 amide bonds. The van der Waals surface area contributed by atoms with Crippen LogP contribution in [0.4, 0.5) is 0 Å². The van der Waals surface area contributed by atoms with Gasteiger partial charge in [0.2, 0.25) is 0 Å². The number of benzene rings is 1. The molecule has 0 bridgehead atoms. The average molecular weight is 287 g/mol. The zero-order valence-corrected chi connectivity index (χ0v) is 12.8. The summed E-state index contributed by atoms with van der Waals surface area (Å²) >= 11 is 0. The Bertz CT molecular complexity index is 560. The van der Waals surface area contributed by atoms with Crippen molar-refractivity contribution in [2.45, 2.75) is 51.3 Å². The van der Waals surface area contributed by atoms with E-state index in [0.717, 1.165) is 38.1 Å². The van der Waals surface area contributed by atoms with E-state index in [4.69, 9.17) is 4.74 Å². The number of hydrogen-bond donors (Lipinski definition) is 1. The van der Waals surface area contributed by atoms with Gasteiger partial charge in [-0.25, -0.2) is 4.98 Å². The number of fused-ring (bicyclic) bond motifs is 1. The molecule has 0 saturated carbocycles. The SMILES string of the molecule is CCNC(CCC1CCCO1)Cn1cnc2ccccc21. The van der Waals surface area contributed by atoms with Crippen LogP contribution in [0.1, 0.15) is 32.6 Å². The summed E-state index contributed by atoms with van der Waals surface area (Å²) in [5, 5.41) is 3.61. The lowest BCUT2D eigenvalue weighted by Crippen LogP contribution is -2.33. The smallest absolute Gasteiger partial charge is 0.0958 e. The monoisotopic (exact) mass is 287 g/mol. The van der Waals surface area contributed by atoms with Crippen molar-refractivity contribution in [1.29, 1.82) is 0 Å². The summed E-state index contributed by atoms with van der Waals surface area (Å²) in [7, 11) is 0. The normalized spacial score (nSPS) is 20.1. The average Bonchev–Trinajstić information content (AvgIpc) is 3.15. The second-order valence-electron chi connectivity index (χ2n) is 5.85. The van der Waals surface area contributed by atoms with Gasteiger partial charge in [-0.3, -0.25) is 0 Å². The van der Waals surface area contributed by atoms with Crippen molar-refractivity contribution in [3.8, 4) is 0 Å². The number of rotatable bonds is 7. The van der Waals surface area contributed by atoms with Crippen molar-refractivity contribution < 1.29 is 4.74 Å². The lowest BCUT2D eigenvalue weighted by Gasteiger charge is -2.20. The van der Waals surface area contributed by atoms with Crippen molar-refractivity contribution in [3.05, 3.63) is 30.6 Å². The lowest BCUT2D eigenvalue weighted by molar-refractivity contribution is 0.0990. The van der Waals surface area contributed by atoms with Crippen LogP contribution in [0.3, 0.4) is 0 Å². The number of ether oxygens (including phenoxy) is 1. The standard InChI is InChI=1S/C17H25N3O/c1-2-18-14(9-10-15-6-5-11-21-15)12-20-13-19-16-7-3-4-8-17(16)20/h3-4,7-8,13-15,18H,2,5-6,9-12H2,1H3. The maximum absolute atomic E-state index is 5.74. The molecule has 2 heterocycles. The first-order chi connectivity index (χ1) is 10.4. The third kappa shape index (κ3) is 3.63. The maximum Gasteiger partial charge on any atom is 0.0958 e. The zero-order chi connectivity index (χ0) is 14.5. The van der Waals surface area contributed by atoms with Gasteiger partial charge in [0.05, 0.1) is 23.5 Å². The van der Waals surface area contributed by atoms with Gasteiger partial charge < -0.3 is 14.6 Å². The van der Waals surface area contributed by atoms with E-state index in [1.807, 2.05) is 12.4 Å². The third-order valence-corrected chi connectivity index (χ3v) is 4.30. The first kappa shape index (κ1) is 14.5. The molecule has 0 spiro atoms. The molecule has 1 aliphatic rings. The number of nitrogens with one attached hydrogen (secondary N) is 1. The minimum atomic E-state index is 0.477. The fraction of sp³-hybridized carbons (Fsp3) is 0.588. The molecular weight excluding hydrogens is 262 g/mol. The van der Waals surface area contributed by atoms with E-state index in [1.165, 1.54) is 18.4 Å². The minimum Gasteiger partial charge on any atom is -0.378 e.